The van der Waals surface area contributed by atoms with Crippen LogP contribution < -0.4 is 0 Å². The first kappa shape index (κ1) is 14.4. The Balaban J connectivity index is 1.94. The van der Waals surface area contributed by atoms with E-state index in [2.05, 4.69) is 0 Å². The van der Waals surface area contributed by atoms with Crippen LogP contribution in [0.4, 0.5) is 0 Å². The molecule has 4 heteroatoms. The molecule has 0 aromatic heterocycles. The molecule has 0 aromatic carbocycles. The Morgan fingerprint density at radius 3 is 2.16 bits per heavy atom. The van der Waals surface area contributed by atoms with E-state index in [1.54, 1.807) is 0 Å². The summed E-state index contributed by atoms with van der Waals surface area (Å²) < 4.78 is 0. The zero-order chi connectivity index (χ0) is 13.8. The highest BCUT2D eigenvalue weighted by molar-refractivity contribution is 5.79. The van der Waals surface area contributed by atoms with Crippen molar-refractivity contribution in [3.05, 3.63) is 0 Å². The molecule has 1 aliphatic carbocycles. The molecule has 2 unspecified atom stereocenters. The molecule has 0 radical (unpaired) electrons. The first-order valence-corrected chi connectivity index (χ1v) is 7.63. The molecule has 2 aliphatic rings. The van der Waals surface area contributed by atoms with Crippen LogP contribution in [0.3, 0.4) is 0 Å². The molecule has 2 fully saturated rings. The molecule has 108 valence electrons. The van der Waals surface area contributed by atoms with Crippen molar-refractivity contribution < 1.29 is 14.7 Å². The molecule has 0 spiro atoms. The lowest BCUT2D eigenvalue weighted by molar-refractivity contribution is -0.149. The highest BCUT2D eigenvalue weighted by Gasteiger charge is 2.34. The third-order valence-corrected chi connectivity index (χ3v) is 4.71. The Hall–Kier alpha value is -1.06. The number of carbonyl (C=O) groups excluding carboxylic acids is 1. The van der Waals surface area contributed by atoms with Gasteiger partial charge in [0.1, 0.15) is 0 Å². The average molecular weight is 267 g/mol. The number of nitrogens with zero attached hydrogens (tertiary/aromatic N) is 1. The molecule has 2 rings (SSSR count). The van der Waals surface area contributed by atoms with Crippen molar-refractivity contribution in [3.8, 4) is 0 Å². The van der Waals surface area contributed by atoms with Crippen LogP contribution in [0.15, 0.2) is 0 Å². The molecular formula is C15H25NO3. The van der Waals surface area contributed by atoms with E-state index in [0.717, 1.165) is 25.7 Å². The zero-order valence-electron chi connectivity index (χ0n) is 11.8. The van der Waals surface area contributed by atoms with Gasteiger partial charge in [0.25, 0.3) is 0 Å². The van der Waals surface area contributed by atoms with Gasteiger partial charge in [-0.2, -0.15) is 0 Å². The third-order valence-electron chi connectivity index (χ3n) is 4.71. The minimum atomic E-state index is -0.714. The van der Waals surface area contributed by atoms with Crippen LogP contribution in [0, 0.1) is 11.8 Å². The lowest BCUT2D eigenvalue weighted by atomic mass is 9.89. The van der Waals surface area contributed by atoms with E-state index >= 15 is 0 Å². The number of hydrogen-bond acceptors (Lipinski definition) is 2. The average Bonchev–Trinajstić information content (AvgIpc) is 2.66. The number of hydrogen-bond donors (Lipinski definition) is 1. The molecule has 19 heavy (non-hydrogen) atoms. The van der Waals surface area contributed by atoms with Gasteiger partial charge in [-0.25, -0.2) is 0 Å². The largest absolute Gasteiger partial charge is 0.481 e. The van der Waals surface area contributed by atoms with Crippen molar-refractivity contribution in [2.45, 2.75) is 64.3 Å². The van der Waals surface area contributed by atoms with Crippen molar-refractivity contribution in [2.24, 2.45) is 11.8 Å². The Morgan fingerprint density at radius 1 is 1.00 bits per heavy atom. The summed E-state index contributed by atoms with van der Waals surface area (Å²) in [5.74, 6) is -0.522. The standard InChI is InChI=1S/C15H25NO3/c1-11-10-13(15(18)19)8-9-16(11)14(17)12-6-4-2-3-5-7-12/h11-13H,2-10H2,1H3,(H,18,19). The van der Waals surface area contributed by atoms with Gasteiger partial charge in [0.2, 0.25) is 5.91 Å². The van der Waals surface area contributed by atoms with Crippen molar-refractivity contribution in [2.75, 3.05) is 6.54 Å². The van der Waals surface area contributed by atoms with E-state index in [9.17, 15) is 9.59 Å². The van der Waals surface area contributed by atoms with Crippen LogP contribution in [0.2, 0.25) is 0 Å². The van der Waals surface area contributed by atoms with Gasteiger partial charge in [0.15, 0.2) is 0 Å². The fourth-order valence-electron chi connectivity index (χ4n) is 3.48. The number of rotatable bonds is 2. The van der Waals surface area contributed by atoms with Crippen LogP contribution in [0.5, 0.6) is 0 Å². The van der Waals surface area contributed by atoms with Gasteiger partial charge < -0.3 is 10.0 Å². The highest BCUT2D eigenvalue weighted by Crippen LogP contribution is 2.29. The topological polar surface area (TPSA) is 57.6 Å². The van der Waals surface area contributed by atoms with E-state index in [1.807, 2.05) is 11.8 Å². The fourth-order valence-corrected chi connectivity index (χ4v) is 3.48. The summed E-state index contributed by atoms with van der Waals surface area (Å²) in [6, 6.07) is 0.0746. The smallest absolute Gasteiger partial charge is 0.306 e. The predicted octanol–water partition coefficient (Wildman–Crippen LogP) is 2.67. The van der Waals surface area contributed by atoms with Gasteiger partial charge in [-0.3, -0.25) is 9.59 Å². The minimum absolute atomic E-state index is 0.0746. The lowest BCUT2D eigenvalue weighted by Crippen LogP contribution is -2.48. The van der Waals surface area contributed by atoms with E-state index in [0.29, 0.717) is 19.4 Å². The van der Waals surface area contributed by atoms with Crippen LogP contribution in [-0.2, 0) is 9.59 Å². The summed E-state index contributed by atoms with van der Waals surface area (Å²) in [6.45, 7) is 2.61. The van der Waals surface area contributed by atoms with Crippen molar-refractivity contribution in [1.29, 1.82) is 0 Å². The van der Waals surface area contributed by atoms with E-state index in [4.69, 9.17) is 5.11 Å². The van der Waals surface area contributed by atoms with Crippen LogP contribution in [-0.4, -0.2) is 34.5 Å². The number of carbonyl (C=O) groups is 2. The van der Waals surface area contributed by atoms with E-state index in [-0.39, 0.29) is 23.8 Å². The van der Waals surface area contributed by atoms with Crippen molar-refractivity contribution in [3.63, 3.8) is 0 Å². The molecule has 1 N–H and O–H groups in total. The Bertz CT molecular complexity index is 334. The zero-order valence-corrected chi connectivity index (χ0v) is 11.8. The molecule has 1 saturated heterocycles. The first-order chi connectivity index (χ1) is 9.09. The molecule has 1 heterocycles. The maximum atomic E-state index is 12.6. The van der Waals surface area contributed by atoms with Gasteiger partial charge in [-0.15, -0.1) is 0 Å². The summed E-state index contributed by atoms with van der Waals surface area (Å²) in [6.07, 6.45) is 8.08. The van der Waals surface area contributed by atoms with Crippen LogP contribution >= 0.6 is 0 Å². The Labute approximate surface area is 115 Å². The number of likely N-dealkylation sites (tertiary alicyclic amines) is 1. The second kappa shape index (κ2) is 6.40. The molecule has 1 amide bonds. The summed E-state index contributed by atoms with van der Waals surface area (Å²) in [4.78, 5) is 25.5. The SMILES string of the molecule is CC1CC(C(=O)O)CCN1C(=O)C1CCCCCC1. The maximum Gasteiger partial charge on any atom is 0.306 e. The number of carboxylic acids is 1. The van der Waals surface area contributed by atoms with Gasteiger partial charge in [0.05, 0.1) is 5.92 Å². The summed E-state index contributed by atoms with van der Waals surface area (Å²) >= 11 is 0. The summed E-state index contributed by atoms with van der Waals surface area (Å²) in [5, 5.41) is 9.06. The Morgan fingerprint density at radius 2 is 1.63 bits per heavy atom. The van der Waals surface area contributed by atoms with E-state index in [1.165, 1.54) is 12.8 Å². The van der Waals surface area contributed by atoms with Gasteiger partial charge in [-0.1, -0.05) is 25.7 Å². The molecular weight excluding hydrogens is 242 g/mol. The van der Waals surface area contributed by atoms with Crippen LogP contribution in [0.25, 0.3) is 0 Å². The number of piperidine rings is 1. The predicted molar refractivity (Wildman–Crippen MR) is 72.7 cm³/mol. The molecule has 2 atom stereocenters. The first-order valence-electron chi connectivity index (χ1n) is 7.63. The van der Waals surface area contributed by atoms with Crippen LogP contribution in [0.1, 0.15) is 58.3 Å². The van der Waals surface area contributed by atoms with Gasteiger partial charge in [-0.05, 0) is 32.6 Å². The summed E-state index contributed by atoms with van der Waals surface area (Å²) in [7, 11) is 0. The minimum Gasteiger partial charge on any atom is -0.481 e. The molecule has 1 aliphatic heterocycles. The molecule has 4 nitrogen and oxygen atoms in total. The van der Waals surface area contributed by atoms with Crippen molar-refractivity contribution >= 4 is 11.9 Å². The molecule has 0 bridgehead atoms. The lowest BCUT2D eigenvalue weighted by Gasteiger charge is -2.38. The number of amides is 1. The van der Waals surface area contributed by atoms with Gasteiger partial charge >= 0.3 is 5.97 Å². The normalized spacial score (nSPS) is 29.8. The summed E-state index contributed by atoms with van der Waals surface area (Å²) in [5.41, 5.74) is 0. The van der Waals surface area contributed by atoms with E-state index < -0.39 is 5.97 Å². The Kier molecular flexibility index (Phi) is 4.83. The maximum absolute atomic E-state index is 12.6. The third kappa shape index (κ3) is 3.48. The number of carboxylic acid groups (broad SMARTS) is 1. The quantitative estimate of drug-likeness (QED) is 0.783. The second-order valence-corrected chi connectivity index (χ2v) is 6.13. The molecule has 0 aromatic rings. The number of aliphatic carboxylic acids is 1. The fraction of sp³-hybridized carbons (Fsp3) is 0.867. The highest BCUT2D eigenvalue weighted by atomic mass is 16.4. The van der Waals surface area contributed by atoms with Gasteiger partial charge in [0, 0.05) is 18.5 Å². The van der Waals surface area contributed by atoms with Crippen molar-refractivity contribution in [1.82, 2.24) is 4.90 Å². The monoisotopic (exact) mass is 267 g/mol. The second-order valence-electron chi connectivity index (χ2n) is 6.13. The molecule has 1 saturated carbocycles.